The van der Waals surface area contributed by atoms with Crippen LogP contribution in [-0.2, 0) is 31.0 Å². The van der Waals surface area contributed by atoms with Gasteiger partial charge < -0.3 is 19.9 Å². The number of unbranched alkanes of at least 4 members (excludes halogenated alkanes) is 1. The Morgan fingerprint density at radius 3 is 2.25 bits per heavy atom. The average Bonchev–Trinajstić information content (AvgIpc) is 3.14. The molecular weight excluding hydrogens is 474 g/mol. The van der Waals surface area contributed by atoms with E-state index in [9.17, 15) is 24.0 Å². The van der Waals surface area contributed by atoms with Crippen molar-refractivity contribution < 1.29 is 33.2 Å². The van der Waals surface area contributed by atoms with E-state index in [0.29, 0.717) is 17.3 Å². The Labute approximate surface area is 210 Å². The predicted octanol–water partition coefficient (Wildman–Crippen LogP) is -1.30. The van der Waals surface area contributed by atoms with Crippen molar-refractivity contribution in [3.05, 3.63) is 0 Å². The maximum absolute atomic E-state index is 13.0. The quantitative estimate of drug-likeness (QED) is 0.195. The van der Waals surface area contributed by atoms with Gasteiger partial charge in [0.1, 0.15) is 11.6 Å². The fraction of sp³-hybridized carbons (Fsp3) is 0.714. The van der Waals surface area contributed by atoms with Crippen molar-refractivity contribution in [1.29, 1.82) is 0 Å². The summed E-state index contributed by atoms with van der Waals surface area (Å²) < 4.78 is 5.31. The van der Waals surface area contributed by atoms with E-state index < -0.39 is 35.5 Å². The number of hydrogen-bond donors (Lipinski definition) is 3. The molecule has 0 unspecified atom stereocenters. The fourth-order valence-corrected chi connectivity index (χ4v) is 2.88. The van der Waals surface area contributed by atoms with Crippen LogP contribution < -0.4 is 20.9 Å². The van der Waals surface area contributed by atoms with Crippen molar-refractivity contribution in [1.82, 2.24) is 36.2 Å². The van der Waals surface area contributed by atoms with Gasteiger partial charge in [-0.25, -0.2) is 4.79 Å². The number of nitrogens with one attached hydrogen (secondary N) is 3. The van der Waals surface area contributed by atoms with Crippen LogP contribution >= 0.6 is 0 Å². The number of carbonyl (C=O) groups is 5. The first kappa shape index (κ1) is 30.4. The standard InChI is InChI=1S/C21H37N9O6/c1-21(2,3)36-20(35)24-17(33)16(32)22-12-10-9-11-14(23-15(31)13-30(6,7)8)18(34)28(4)19-25-27-29(5)26-19/h14H,9-13H2,1-8H3,(H2-,22,23,24,31,32,33,35)/p+1/t14-/m0/s1. The minimum Gasteiger partial charge on any atom is -0.444 e. The molecule has 0 saturated heterocycles. The van der Waals surface area contributed by atoms with E-state index in [1.165, 1.54) is 16.7 Å². The molecule has 0 radical (unpaired) electrons. The molecule has 0 spiro atoms. The molecule has 3 N–H and O–H groups in total. The van der Waals surface area contributed by atoms with Gasteiger partial charge in [-0.15, -0.1) is 5.10 Å². The Hall–Kier alpha value is -3.62. The van der Waals surface area contributed by atoms with E-state index in [1.54, 1.807) is 27.8 Å². The zero-order chi connectivity index (χ0) is 27.7. The van der Waals surface area contributed by atoms with Crippen LogP contribution in [0.3, 0.4) is 0 Å². The molecule has 1 rings (SSSR count). The number of aromatic nitrogens is 4. The van der Waals surface area contributed by atoms with Gasteiger partial charge in [0.15, 0.2) is 6.54 Å². The second-order valence-corrected chi connectivity index (χ2v) is 10.3. The largest absolute Gasteiger partial charge is 0.444 e. The lowest BCUT2D eigenvalue weighted by molar-refractivity contribution is -0.862. The SMILES string of the molecule is CN(C(=O)[C@H](CCCCNC(=O)C(=O)NC(=O)OC(C)(C)C)NC(=O)C[N+](C)(C)C)c1nnn(C)n1. The van der Waals surface area contributed by atoms with Gasteiger partial charge in [-0.1, -0.05) is 5.10 Å². The van der Waals surface area contributed by atoms with Gasteiger partial charge in [-0.3, -0.25) is 29.4 Å². The third kappa shape index (κ3) is 11.7. The van der Waals surface area contributed by atoms with Gasteiger partial charge in [0.25, 0.3) is 17.8 Å². The molecule has 15 heteroatoms. The summed E-state index contributed by atoms with van der Waals surface area (Å²) in [6, 6.07) is -0.857. The minimum atomic E-state index is -1.14. The summed E-state index contributed by atoms with van der Waals surface area (Å²) in [5, 5.41) is 18.5. The number of ether oxygens (including phenoxy) is 1. The maximum atomic E-state index is 13.0. The Kier molecular flexibility index (Phi) is 10.9. The average molecular weight is 513 g/mol. The monoisotopic (exact) mass is 512 g/mol. The lowest BCUT2D eigenvalue weighted by Crippen LogP contribution is -2.52. The predicted molar refractivity (Wildman–Crippen MR) is 128 cm³/mol. The van der Waals surface area contributed by atoms with Crippen LogP contribution in [0.25, 0.3) is 0 Å². The second kappa shape index (κ2) is 12.9. The summed E-state index contributed by atoms with van der Waals surface area (Å²) in [4.78, 5) is 63.3. The summed E-state index contributed by atoms with van der Waals surface area (Å²) in [7, 11) is 8.62. The summed E-state index contributed by atoms with van der Waals surface area (Å²) in [6.45, 7) is 5.17. The summed E-state index contributed by atoms with van der Waals surface area (Å²) in [5.41, 5.74) is -0.812. The van der Waals surface area contributed by atoms with Crippen molar-refractivity contribution >= 4 is 35.7 Å². The number of anilines is 1. The number of nitrogens with zero attached hydrogens (tertiary/aromatic N) is 6. The summed E-state index contributed by atoms with van der Waals surface area (Å²) in [5.74, 6) is -2.75. The highest BCUT2D eigenvalue weighted by Crippen LogP contribution is 2.09. The summed E-state index contributed by atoms with van der Waals surface area (Å²) in [6.07, 6.45) is 0.103. The molecule has 1 atom stereocenters. The molecule has 0 aliphatic heterocycles. The molecule has 1 heterocycles. The smallest absolute Gasteiger partial charge is 0.414 e. The molecule has 202 valence electrons. The number of imide groups is 1. The van der Waals surface area contributed by atoms with Crippen molar-refractivity contribution in [2.24, 2.45) is 7.05 Å². The number of carbonyl (C=O) groups excluding carboxylic acids is 5. The first-order chi connectivity index (χ1) is 16.5. The number of aryl methyl sites for hydroxylation is 1. The van der Waals surface area contributed by atoms with E-state index in [1.807, 2.05) is 26.5 Å². The van der Waals surface area contributed by atoms with Crippen LogP contribution in [0, 0.1) is 0 Å². The maximum Gasteiger partial charge on any atom is 0.414 e. The third-order valence-corrected chi connectivity index (χ3v) is 4.41. The van der Waals surface area contributed by atoms with Gasteiger partial charge >= 0.3 is 17.9 Å². The highest BCUT2D eigenvalue weighted by molar-refractivity contribution is 6.37. The Balaban J connectivity index is 2.62. The molecule has 15 nitrogen and oxygen atoms in total. The molecule has 0 fully saturated rings. The Morgan fingerprint density at radius 1 is 1.08 bits per heavy atom. The van der Waals surface area contributed by atoms with Gasteiger partial charge in [-0.2, -0.15) is 4.80 Å². The van der Waals surface area contributed by atoms with Crippen LogP contribution in [0.5, 0.6) is 0 Å². The molecule has 0 aliphatic carbocycles. The number of quaternary nitrogens is 1. The lowest BCUT2D eigenvalue weighted by atomic mass is 10.1. The number of tetrazole rings is 1. The van der Waals surface area contributed by atoms with E-state index in [4.69, 9.17) is 4.74 Å². The van der Waals surface area contributed by atoms with Gasteiger partial charge in [-0.05, 0) is 45.2 Å². The van der Waals surface area contributed by atoms with Crippen LogP contribution in [0.2, 0.25) is 0 Å². The number of likely N-dealkylation sites (N-methyl/N-ethyl adjacent to an activating group) is 2. The zero-order valence-corrected chi connectivity index (χ0v) is 22.2. The summed E-state index contributed by atoms with van der Waals surface area (Å²) >= 11 is 0. The van der Waals surface area contributed by atoms with Gasteiger partial charge in [0.05, 0.1) is 28.2 Å². The molecule has 5 amide bonds. The number of hydrogen-bond acceptors (Lipinski definition) is 9. The third-order valence-electron chi connectivity index (χ3n) is 4.41. The fourth-order valence-electron chi connectivity index (χ4n) is 2.88. The molecular formula is C21H38N9O6+. The van der Waals surface area contributed by atoms with Crippen LogP contribution in [-0.4, -0.2) is 107 Å². The first-order valence-corrected chi connectivity index (χ1v) is 11.4. The van der Waals surface area contributed by atoms with E-state index in [0.717, 1.165) is 0 Å². The molecule has 1 aromatic rings. The first-order valence-electron chi connectivity index (χ1n) is 11.4. The minimum absolute atomic E-state index is 0.0941. The molecule has 1 aromatic heterocycles. The van der Waals surface area contributed by atoms with Crippen molar-refractivity contribution in [2.45, 2.75) is 51.7 Å². The number of alkyl carbamates (subject to hydrolysis) is 1. The van der Waals surface area contributed by atoms with Crippen molar-refractivity contribution in [3.8, 4) is 0 Å². The van der Waals surface area contributed by atoms with Crippen molar-refractivity contribution in [2.75, 3.05) is 46.2 Å². The van der Waals surface area contributed by atoms with Gasteiger partial charge in [0.2, 0.25) is 0 Å². The number of rotatable bonds is 10. The van der Waals surface area contributed by atoms with Crippen LogP contribution in [0.15, 0.2) is 0 Å². The number of amides is 5. The van der Waals surface area contributed by atoms with Crippen molar-refractivity contribution in [3.63, 3.8) is 0 Å². The Bertz CT molecular complexity index is 948. The normalized spacial score (nSPS) is 12.3. The van der Waals surface area contributed by atoms with Crippen LogP contribution in [0.1, 0.15) is 40.0 Å². The van der Waals surface area contributed by atoms with E-state index >= 15 is 0 Å². The van der Waals surface area contributed by atoms with Gasteiger partial charge in [0, 0.05) is 13.6 Å². The topological polar surface area (TPSA) is 178 Å². The Morgan fingerprint density at radius 2 is 1.72 bits per heavy atom. The second-order valence-electron chi connectivity index (χ2n) is 10.3. The van der Waals surface area contributed by atoms with Crippen LogP contribution in [0.4, 0.5) is 10.7 Å². The van der Waals surface area contributed by atoms with E-state index in [2.05, 4.69) is 26.0 Å². The highest BCUT2D eigenvalue weighted by atomic mass is 16.6. The molecule has 0 aromatic carbocycles. The van der Waals surface area contributed by atoms with E-state index in [-0.39, 0.29) is 31.4 Å². The molecule has 0 aliphatic rings. The molecule has 0 bridgehead atoms. The highest BCUT2D eigenvalue weighted by Gasteiger charge is 2.28. The lowest BCUT2D eigenvalue weighted by Gasteiger charge is -2.26. The molecule has 0 saturated carbocycles. The molecule has 36 heavy (non-hydrogen) atoms. The zero-order valence-electron chi connectivity index (χ0n) is 22.2.